The summed E-state index contributed by atoms with van der Waals surface area (Å²) in [7, 11) is 0. The molecule has 6 heteroatoms. The molecule has 2 heterocycles. The van der Waals surface area contributed by atoms with Crippen LogP contribution in [0.3, 0.4) is 0 Å². The number of carbonyl (C=O) groups excluding carboxylic acids is 1. The van der Waals surface area contributed by atoms with E-state index in [0.717, 1.165) is 6.41 Å². The summed E-state index contributed by atoms with van der Waals surface area (Å²) in [5.74, 6) is 0.593. The zero-order chi connectivity index (χ0) is 11.5. The molecule has 1 aromatic rings. The van der Waals surface area contributed by atoms with Crippen LogP contribution in [0.5, 0.6) is 0 Å². The summed E-state index contributed by atoms with van der Waals surface area (Å²) in [6, 6.07) is 1.46. The van der Waals surface area contributed by atoms with E-state index in [1.165, 1.54) is 6.07 Å². The summed E-state index contributed by atoms with van der Waals surface area (Å²) in [6.07, 6.45) is 0.851. The highest BCUT2D eigenvalue weighted by Crippen LogP contribution is 2.08. The van der Waals surface area contributed by atoms with Gasteiger partial charge in [0.25, 0.3) is 5.56 Å². The van der Waals surface area contributed by atoms with Gasteiger partial charge in [-0.25, -0.2) is 4.98 Å². The van der Waals surface area contributed by atoms with E-state index in [1.807, 2.05) is 4.90 Å². The van der Waals surface area contributed by atoms with Crippen LogP contribution in [0.1, 0.15) is 5.69 Å². The van der Waals surface area contributed by atoms with E-state index in [0.29, 0.717) is 37.8 Å². The second-order valence-corrected chi connectivity index (χ2v) is 3.84. The Bertz CT molecular complexity index is 435. The number of hydrogen-bond acceptors (Lipinski definition) is 4. The minimum Gasteiger partial charge on any atom is -0.342 e. The average molecular weight is 222 g/mol. The molecule has 0 aliphatic carbocycles. The van der Waals surface area contributed by atoms with Crippen molar-refractivity contribution >= 4 is 12.4 Å². The summed E-state index contributed by atoms with van der Waals surface area (Å²) < 4.78 is 0. The van der Waals surface area contributed by atoms with E-state index >= 15 is 0 Å². The Hall–Kier alpha value is -1.85. The molecule has 6 nitrogen and oxygen atoms in total. The molecular weight excluding hydrogens is 208 g/mol. The summed E-state index contributed by atoms with van der Waals surface area (Å²) in [5.41, 5.74) is 0.567. The van der Waals surface area contributed by atoms with Crippen LogP contribution in [-0.4, -0.2) is 47.5 Å². The van der Waals surface area contributed by atoms with Crippen LogP contribution in [0, 0.1) is 6.92 Å². The van der Waals surface area contributed by atoms with Crippen LogP contribution >= 0.6 is 0 Å². The van der Waals surface area contributed by atoms with Crippen LogP contribution in [0.4, 0.5) is 5.95 Å². The maximum absolute atomic E-state index is 11.3. The molecule has 0 unspecified atom stereocenters. The van der Waals surface area contributed by atoms with E-state index in [2.05, 4.69) is 9.97 Å². The molecule has 1 saturated heterocycles. The molecular formula is C10H14N4O2. The van der Waals surface area contributed by atoms with Gasteiger partial charge in [-0.3, -0.25) is 14.6 Å². The van der Waals surface area contributed by atoms with Gasteiger partial charge in [-0.15, -0.1) is 0 Å². The van der Waals surface area contributed by atoms with Crippen molar-refractivity contribution < 1.29 is 4.79 Å². The van der Waals surface area contributed by atoms with Crippen LogP contribution in [0.2, 0.25) is 0 Å². The SMILES string of the molecule is Cc1cc(=O)[nH]c(N2CCN(C=O)CC2)n1. The molecule has 0 bridgehead atoms. The van der Waals surface area contributed by atoms with Gasteiger partial charge in [-0.05, 0) is 6.92 Å². The first-order valence-corrected chi connectivity index (χ1v) is 5.21. The highest BCUT2D eigenvalue weighted by Gasteiger charge is 2.17. The van der Waals surface area contributed by atoms with Gasteiger partial charge in [0, 0.05) is 37.9 Å². The first-order chi connectivity index (χ1) is 7.69. The predicted octanol–water partition coefficient (Wildman–Crippen LogP) is -0.643. The van der Waals surface area contributed by atoms with Gasteiger partial charge in [0.15, 0.2) is 0 Å². The van der Waals surface area contributed by atoms with Crippen molar-refractivity contribution in [1.82, 2.24) is 14.9 Å². The standard InChI is InChI=1S/C10H14N4O2/c1-8-6-9(16)12-10(11-8)14-4-2-13(7-15)3-5-14/h6-7H,2-5H2,1H3,(H,11,12,16). The zero-order valence-corrected chi connectivity index (χ0v) is 9.14. The molecule has 0 aromatic carbocycles. The van der Waals surface area contributed by atoms with Crippen LogP contribution in [0.25, 0.3) is 0 Å². The third-order valence-corrected chi connectivity index (χ3v) is 2.62. The van der Waals surface area contributed by atoms with E-state index in [1.54, 1.807) is 11.8 Å². The predicted molar refractivity (Wildman–Crippen MR) is 59.4 cm³/mol. The van der Waals surface area contributed by atoms with Gasteiger partial charge in [-0.1, -0.05) is 0 Å². The number of aromatic nitrogens is 2. The van der Waals surface area contributed by atoms with Crippen molar-refractivity contribution in [3.05, 3.63) is 22.1 Å². The Balaban J connectivity index is 2.13. The average Bonchev–Trinajstić information content (AvgIpc) is 2.28. The smallest absolute Gasteiger partial charge is 0.252 e. The van der Waals surface area contributed by atoms with E-state index in [4.69, 9.17) is 0 Å². The Labute approximate surface area is 92.9 Å². The van der Waals surface area contributed by atoms with Crippen molar-refractivity contribution in [3.63, 3.8) is 0 Å². The largest absolute Gasteiger partial charge is 0.342 e. The number of nitrogens with one attached hydrogen (secondary N) is 1. The number of aryl methyl sites for hydroxylation is 1. The Morgan fingerprint density at radius 2 is 2.06 bits per heavy atom. The van der Waals surface area contributed by atoms with Crippen molar-refractivity contribution in [2.75, 3.05) is 31.1 Å². The number of aromatic amines is 1. The number of carbonyl (C=O) groups is 1. The molecule has 2 rings (SSSR count). The van der Waals surface area contributed by atoms with Crippen molar-refractivity contribution in [2.24, 2.45) is 0 Å². The zero-order valence-electron chi connectivity index (χ0n) is 9.14. The van der Waals surface area contributed by atoms with Gasteiger partial charge < -0.3 is 9.80 Å². The number of H-pyrrole nitrogens is 1. The fourth-order valence-corrected chi connectivity index (χ4v) is 1.75. The number of hydrogen-bond donors (Lipinski definition) is 1. The van der Waals surface area contributed by atoms with Gasteiger partial charge in [-0.2, -0.15) is 0 Å². The maximum Gasteiger partial charge on any atom is 0.252 e. The van der Waals surface area contributed by atoms with E-state index < -0.39 is 0 Å². The lowest BCUT2D eigenvalue weighted by Crippen LogP contribution is -2.46. The quantitative estimate of drug-likeness (QED) is 0.676. The fraction of sp³-hybridized carbons (Fsp3) is 0.500. The number of anilines is 1. The Morgan fingerprint density at radius 3 is 2.62 bits per heavy atom. The highest BCUT2D eigenvalue weighted by molar-refractivity contribution is 5.48. The van der Waals surface area contributed by atoms with Gasteiger partial charge in [0.1, 0.15) is 0 Å². The molecule has 1 aliphatic rings. The van der Waals surface area contributed by atoms with Crippen molar-refractivity contribution in [2.45, 2.75) is 6.92 Å². The molecule has 16 heavy (non-hydrogen) atoms. The molecule has 0 atom stereocenters. The topological polar surface area (TPSA) is 69.3 Å². The Morgan fingerprint density at radius 1 is 1.38 bits per heavy atom. The summed E-state index contributed by atoms with van der Waals surface area (Å²) in [4.78, 5) is 32.5. The van der Waals surface area contributed by atoms with Crippen LogP contribution in [0.15, 0.2) is 10.9 Å². The summed E-state index contributed by atoms with van der Waals surface area (Å²) in [6.45, 7) is 4.53. The third-order valence-electron chi connectivity index (χ3n) is 2.62. The molecule has 0 saturated carbocycles. The van der Waals surface area contributed by atoms with Gasteiger partial charge in [0.05, 0.1) is 0 Å². The third kappa shape index (κ3) is 2.21. The molecule has 1 N–H and O–H groups in total. The number of nitrogens with zero attached hydrogens (tertiary/aromatic N) is 3. The molecule has 1 aliphatic heterocycles. The molecule has 86 valence electrons. The molecule has 1 fully saturated rings. The number of amides is 1. The fourth-order valence-electron chi connectivity index (χ4n) is 1.75. The van der Waals surface area contributed by atoms with Gasteiger partial charge >= 0.3 is 0 Å². The first kappa shape index (κ1) is 10.7. The minimum atomic E-state index is -0.139. The van der Waals surface area contributed by atoms with E-state index in [9.17, 15) is 9.59 Å². The lowest BCUT2D eigenvalue weighted by molar-refractivity contribution is -0.118. The highest BCUT2D eigenvalue weighted by atomic mass is 16.1. The summed E-state index contributed by atoms with van der Waals surface area (Å²) >= 11 is 0. The van der Waals surface area contributed by atoms with Crippen molar-refractivity contribution in [3.8, 4) is 0 Å². The van der Waals surface area contributed by atoms with E-state index in [-0.39, 0.29) is 5.56 Å². The maximum atomic E-state index is 11.3. The van der Waals surface area contributed by atoms with Crippen LogP contribution in [-0.2, 0) is 4.79 Å². The first-order valence-electron chi connectivity index (χ1n) is 5.21. The van der Waals surface area contributed by atoms with Gasteiger partial charge in [0.2, 0.25) is 12.4 Å². The normalized spacial score (nSPS) is 16.3. The number of piperazine rings is 1. The second kappa shape index (κ2) is 4.34. The molecule has 1 aromatic heterocycles. The summed E-state index contributed by atoms with van der Waals surface area (Å²) in [5, 5.41) is 0. The Kier molecular flexibility index (Phi) is 2.89. The monoisotopic (exact) mass is 222 g/mol. The lowest BCUT2D eigenvalue weighted by Gasteiger charge is -2.32. The second-order valence-electron chi connectivity index (χ2n) is 3.84. The molecule has 0 radical (unpaired) electrons. The molecule has 1 amide bonds. The molecule has 0 spiro atoms. The number of rotatable bonds is 2. The van der Waals surface area contributed by atoms with Crippen molar-refractivity contribution in [1.29, 1.82) is 0 Å². The lowest BCUT2D eigenvalue weighted by atomic mass is 10.3. The minimum absolute atomic E-state index is 0.139. The van der Waals surface area contributed by atoms with Crippen LogP contribution < -0.4 is 10.5 Å².